The van der Waals surface area contributed by atoms with Crippen LogP contribution in [0.4, 0.5) is 0 Å². The minimum atomic E-state index is 0.290. The summed E-state index contributed by atoms with van der Waals surface area (Å²) in [5.41, 5.74) is 3.40. The number of para-hydroxylation sites is 1. The van der Waals surface area contributed by atoms with E-state index in [1.807, 2.05) is 26.0 Å². The van der Waals surface area contributed by atoms with Gasteiger partial charge < -0.3 is 14.6 Å². The molecule has 5 heteroatoms. The number of aryl methyl sites for hydroxylation is 2. The minimum absolute atomic E-state index is 0.290. The van der Waals surface area contributed by atoms with Gasteiger partial charge in [0.25, 0.3) is 0 Å². The molecule has 0 aliphatic carbocycles. The average molecular weight is 301 g/mol. The van der Waals surface area contributed by atoms with E-state index in [4.69, 9.17) is 9.26 Å². The summed E-state index contributed by atoms with van der Waals surface area (Å²) < 4.78 is 10.8. The standard InChI is InChI=1S/C17H23N3O2/c1-12-15(13(2)22-19-12)11-20-9-8-18-10-16(20)14-6-4-5-7-17(14)21-3/h4-7,16,18H,8-11H2,1-3H3. The maximum absolute atomic E-state index is 5.54. The summed E-state index contributed by atoms with van der Waals surface area (Å²) in [5.74, 6) is 1.86. The van der Waals surface area contributed by atoms with Crippen LogP contribution in [0, 0.1) is 13.8 Å². The van der Waals surface area contributed by atoms with Crippen molar-refractivity contribution in [3.8, 4) is 5.75 Å². The SMILES string of the molecule is COc1ccccc1C1CNCCN1Cc1c(C)noc1C. The lowest BCUT2D eigenvalue weighted by atomic mass is 10.0. The average Bonchev–Trinajstić information content (AvgIpc) is 2.87. The smallest absolute Gasteiger partial charge is 0.138 e. The van der Waals surface area contributed by atoms with Gasteiger partial charge in [0.05, 0.1) is 18.8 Å². The van der Waals surface area contributed by atoms with Crippen molar-refractivity contribution in [1.29, 1.82) is 0 Å². The van der Waals surface area contributed by atoms with Gasteiger partial charge in [-0.1, -0.05) is 23.4 Å². The molecule has 1 atom stereocenters. The summed E-state index contributed by atoms with van der Waals surface area (Å²) in [6, 6.07) is 8.55. The Morgan fingerprint density at radius 1 is 1.36 bits per heavy atom. The Balaban J connectivity index is 1.88. The zero-order chi connectivity index (χ0) is 15.5. The van der Waals surface area contributed by atoms with E-state index in [0.29, 0.717) is 6.04 Å². The minimum Gasteiger partial charge on any atom is -0.496 e. The molecule has 118 valence electrons. The number of ether oxygens (including phenoxy) is 1. The molecule has 1 aliphatic rings. The van der Waals surface area contributed by atoms with Gasteiger partial charge in [-0.3, -0.25) is 4.90 Å². The molecule has 0 radical (unpaired) electrons. The van der Waals surface area contributed by atoms with E-state index in [9.17, 15) is 0 Å². The van der Waals surface area contributed by atoms with Crippen LogP contribution in [0.25, 0.3) is 0 Å². The van der Waals surface area contributed by atoms with E-state index in [2.05, 4.69) is 27.5 Å². The second kappa shape index (κ2) is 6.50. The molecular formula is C17H23N3O2. The van der Waals surface area contributed by atoms with Crippen LogP contribution < -0.4 is 10.1 Å². The van der Waals surface area contributed by atoms with E-state index < -0.39 is 0 Å². The van der Waals surface area contributed by atoms with Gasteiger partial charge in [-0.2, -0.15) is 0 Å². The Hall–Kier alpha value is -1.85. The molecule has 1 saturated heterocycles. The Kier molecular flexibility index (Phi) is 4.45. The molecule has 0 spiro atoms. The highest BCUT2D eigenvalue weighted by Crippen LogP contribution is 2.31. The molecule has 5 nitrogen and oxygen atoms in total. The van der Waals surface area contributed by atoms with E-state index in [1.165, 1.54) is 11.1 Å². The second-order valence-electron chi connectivity index (χ2n) is 5.74. The number of hydrogen-bond donors (Lipinski definition) is 1. The van der Waals surface area contributed by atoms with Crippen molar-refractivity contribution in [2.24, 2.45) is 0 Å². The Bertz CT molecular complexity index is 619. The molecule has 1 N–H and O–H groups in total. The predicted octanol–water partition coefficient (Wildman–Crippen LogP) is 2.45. The maximum Gasteiger partial charge on any atom is 0.138 e. The van der Waals surface area contributed by atoms with E-state index >= 15 is 0 Å². The quantitative estimate of drug-likeness (QED) is 0.940. The number of methoxy groups -OCH3 is 1. The van der Waals surface area contributed by atoms with Crippen LogP contribution >= 0.6 is 0 Å². The summed E-state index contributed by atoms with van der Waals surface area (Å²) in [4.78, 5) is 2.47. The molecular weight excluding hydrogens is 278 g/mol. The zero-order valence-electron chi connectivity index (χ0n) is 13.4. The second-order valence-corrected chi connectivity index (χ2v) is 5.74. The highest BCUT2D eigenvalue weighted by molar-refractivity contribution is 5.36. The summed E-state index contributed by atoms with van der Waals surface area (Å²) in [7, 11) is 1.73. The third-order valence-corrected chi connectivity index (χ3v) is 4.39. The number of aromatic nitrogens is 1. The number of nitrogens with zero attached hydrogens (tertiary/aromatic N) is 2. The first-order valence-corrected chi connectivity index (χ1v) is 7.70. The van der Waals surface area contributed by atoms with Crippen molar-refractivity contribution in [2.45, 2.75) is 26.4 Å². The fraction of sp³-hybridized carbons (Fsp3) is 0.471. The predicted molar refractivity (Wildman–Crippen MR) is 85.0 cm³/mol. The van der Waals surface area contributed by atoms with Crippen molar-refractivity contribution in [3.05, 3.63) is 46.8 Å². The number of hydrogen-bond acceptors (Lipinski definition) is 5. The summed E-state index contributed by atoms with van der Waals surface area (Å²) in [5, 5.41) is 7.56. The maximum atomic E-state index is 5.54. The van der Waals surface area contributed by atoms with Gasteiger partial charge in [-0.05, 0) is 19.9 Å². The monoisotopic (exact) mass is 301 g/mol. The molecule has 1 aromatic carbocycles. The lowest BCUT2D eigenvalue weighted by molar-refractivity contribution is 0.150. The largest absolute Gasteiger partial charge is 0.496 e. The third-order valence-electron chi connectivity index (χ3n) is 4.39. The molecule has 0 bridgehead atoms. The molecule has 22 heavy (non-hydrogen) atoms. The van der Waals surface area contributed by atoms with Crippen LogP contribution in [0.2, 0.25) is 0 Å². The van der Waals surface area contributed by atoms with Crippen LogP contribution in [-0.4, -0.2) is 36.8 Å². The highest BCUT2D eigenvalue weighted by atomic mass is 16.5. The van der Waals surface area contributed by atoms with Crippen molar-refractivity contribution in [2.75, 3.05) is 26.7 Å². The summed E-state index contributed by atoms with van der Waals surface area (Å²) in [6.07, 6.45) is 0. The fourth-order valence-corrected chi connectivity index (χ4v) is 3.11. The van der Waals surface area contributed by atoms with Gasteiger partial charge in [0.1, 0.15) is 11.5 Å². The molecule has 1 unspecified atom stereocenters. The first-order chi connectivity index (χ1) is 10.7. The van der Waals surface area contributed by atoms with Gasteiger partial charge in [0, 0.05) is 37.3 Å². The zero-order valence-corrected chi connectivity index (χ0v) is 13.4. The van der Waals surface area contributed by atoms with E-state index in [-0.39, 0.29) is 0 Å². The Morgan fingerprint density at radius 2 is 2.18 bits per heavy atom. The molecule has 1 aliphatic heterocycles. The molecule has 1 aromatic heterocycles. The van der Waals surface area contributed by atoms with E-state index in [0.717, 1.165) is 43.4 Å². The van der Waals surface area contributed by atoms with Crippen molar-refractivity contribution < 1.29 is 9.26 Å². The Labute approximate surface area is 131 Å². The van der Waals surface area contributed by atoms with Crippen LogP contribution in [0.5, 0.6) is 5.75 Å². The lowest BCUT2D eigenvalue weighted by Crippen LogP contribution is -2.45. The molecule has 2 heterocycles. The number of piperazine rings is 1. The summed E-state index contributed by atoms with van der Waals surface area (Å²) >= 11 is 0. The highest BCUT2D eigenvalue weighted by Gasteiger charge is 2.27. The lowest BCUT2D eigenvalue weighted by Gasteiger charge is -2.37. The van der Waals surface area contributed by atoms with Crippen LogP contribution in [0.3, 0.4) is 0 Å². The van der Waals surface area contributed by atoms with Crippen molar-refractivity contribution in [3.63, 3.8) is 0 Å². The fourth-order valence-electron chi connectivity index (χ4n) is 3.11. The topological polar surface area (TPSA) is 50.5 Å². The van der Waals surface area contributed by atoms with Gasteiger partial charge in [-0.15, -0.1) is 0 Å². The van der Waals surface area contributed by atoms with Crippen LogP contribution in [-0.2, 0) is 6.54 Å². The third kappa shape index (κ3) is 2.87. The molecule has 3 rings (SSSR count). The van der Waals surface area contributed by atoms with Crippen molar-refractivity contribution in [1.82, 2.24) is 15.4 Å². The first-order valence-electron chi connectivity index (χ1n) is 7.70. The number of benzene rings is 1. The number of nitrogens with one attached hydrogen (secondary N) is 1. The normalized spacial score (nSPS) is 19.3. The molecule has 0 saturated carbocycles. The molecule has 2 aromatic rings. The van der Waals surface area contributed by atoms with Crippen LogP contribution in [0.15, 0.2) is 28.8 Å². The van der Waals surface area contributed by atoms with Gasteiger partial charge in [-0.25, -0.2) is 0 Å². The Morgan fingerprint density at radius 3 is 2.91 bits per heavy atom. The van der Waals surface area contributed by atoms with Crippen molar-refractivity contribution >= 4 is 0 Å². The first kappa shape index (κ1) is 15.1. The summed E-state index contributed by atoms with van der Waals surface area (Å²) in [6.45, 7) is 7.75. The number of rotatable bonds is 4. The molecule has 0 amide bonds. The van der Waals surface area contributed by atoms with E-state index in [1.54, 1.807) is 7.11 Å². The van der Waals surface area contributed by atoms with Gasteiger partial charge in [0.2, 0.25) is 0 Å². The van der Waals surface area contributed by atoms with Gasteiger partial charge in [0.15, 0.2) is 0 Å². The van der Waals surface area contributed by atoms with Crippen LogP contribution in [0.1, 0.15) is 28.6 Å². The van der Waals surface area contributed by atoms with Gasteiger partial charge >= 0.3 is 0 Å². The molecule has 1 fully saturated rings.